The Morgan fingerprint density at radius 2 is 2.04 bits per heavy atom. The van der Waals surface area contributed by atoms with Crippen LogP contribution in [-0.2, 0) is 9.53 Å². The van der Waals surface area contributed by atoms with E-state index in [0.29, 0.717) is 0 Å². The van der Waals surface area contributed by atoms with Crippen LogP contribution < -0.4 is 5.32 Å². The number of nitrogens with zero attached hydrogens (tertiary/aromatic N) is 2. The van der Waals surface area contributed by atoms with E-state index in [-0.39, 0.29) is 11.3 Å². The van der Waals surface area contributed by atoms with E-state index in [1.807, 2.05) is 0 Å². The lowest BCUT2D eigenvalue weighted by atomic mass is 10.2. The quantitative estimate of drug-likeness (QED) is 0.505. The van der Waals surface area contributed by atoms with Gasteiger partial charge in [-0.2, -0.15) is 4.39 Å². The first kappa shape index (κ1) is 18.0. The molecule has 1 amide bonds. The summed E-state index contributed by atoms with van der Waals surface area (Å²) in [5, 5.41) is 13.0. The topological polar surface area (TPSA) is 111 Å². The van der Waals surface area contributed by atoms with Crippen LogP contribution in [0.2, 0.25) is 0 Å². The number of aryl methyl sites for hydroxylation is 1. The van der Waals surface area contributed by atoms with Crippen molar-refractivity contribution in [2.45, 2.75) is 20.0 Å². The number of rotatable bonds is 5. The molecule has 0 spiro atoms. The Kier molecular flexibility index (Phi) is 5.38. The number of carbonyl (C=O) groups is 2. The SMILES string of the molecule is Cc1ccc(C(=O)O[C@@H](C)C(=O)Nc2ccc(F)c([N+](=O)[O-])c2)cn1. The molecule has 9 heteroatoms. The van der Waals surface area contributed by atoms with Crippen LogP contribution in [0.1, 0.15) is 23.0 Å². The zero-order valence-corrected chi connectivity index (χ0v) is 13.4. The first-order valence-electron chi connectivity index (χ1n) is 7.16. The maximum atomic E-state index is 13.3. The van der Waals surface area contributed by atoms with Gasteiger partial charge in [-0.05, 0) is 38.1 Å². The average Bonchev–Trinajstić information content (AvgIpc) is 2.56. The molecule has 1 N–H and O–H groups in total. The molecule has 1 atom stereocenters. The predicted octanol–water partition coefficient (Wildman–Crippen LogP) is 2.62. The second kappa shape index (κ2) is 7.47. The third kappa shape index (κ3) is 4.56. The molecule has 0 saturated heterocycles. The lowest BCUT2D eigenvalue weighted by Crippen LogP contribution is -2.30. The molecule has 0 saturated carbocycles. The molecule has 1 aromatic carbocycles. The molecular weight excluding hydrogens is 333 g/mol. The largest absolute Gasteiger partial charge is 0.449 e. The first-order valence-corrected chi connectivity index (χ1v) is 7.16. The van der Waals surface area contributed by atoms with Crippen LogP contribution in [-0.4, -0.2) is 27.9 Å². The van der Waals surface area contributed by atoms with Gasteiger partial charge < -0.3 is 10.1 Å². The number of anilines is 1. The number of amides is 1. The molecule has 130 valence electrons. The monoisotopic (exact) mass is 347 g/mol. The number of benzene rings is 1. The molecule has 1 heterocycles. The zero-order valence-electron chi connectivity index (χ0n) is 13.4. The van der Waals surface area contributed by atoms with Crippen LogP contribution in [0, 0.1) is 22.9 Å². The first-order chi connectivity index (χ1) is 11.8. The molecule has 2 aromatic rings. The fourth-order valence-electron chi connectivity index (χ4n) is 1.84. The number of hydrogen-bond acceptors (Lipinski definition) is 6. The van der Waals surface area contributed by atoms with Crippen LogP contribution in [0.3, 0.4) is 0 Å². The van der Waals surface area contributed by atoms with Crippen molar-refractivity contribution in [2.75, 3.05) is 5.32 Å². The number of pyridine rings is 1. The Labute approximate surface area is 141 Å². The van der Waals surface area contributed by atoms with Crippen molar-refractivity contribution in [3.63, 3.8) is 0 Å². The third-order valence-electron chi connectivity index (χ3n) is 3.21. The number of aromatic nitrogens is 1. The lowest BCUT2D eigenvalue weighted by Gasteiger charge is -2.13. The van der Waals surface area contributed by atoms with E-state index >= 15 is 0 Å². The zero-order chi connectivity index (χ0) is 18.6. The number of nitro benzene ring substituents is 1. The summed E-state index contributed by atoms with van der Waals surface area (Å²) in [5.74, 6) is -2.47. The molecular formula is C16H14FN3O5. The van der Waals surface area contributed by atoms with Gasteiger partial charge in [0.25, 0.3) is 5.91 Å². The van der Waals surface area contributed by atoms with Crippen LogP contribution in [0.25, 0.3) is 0 Å². The number of nitro groups is 1. The van der Waals surface area contributed by atoms with Crippen LogP contribution in [0.15, 0.2) is 36.5 Å². The van der Waals surface area contributed by atoms with Gasteiger partial charge in [-0.25, -0.2) is 4.79 Å². The fourth-order valence-corrected chi connectivity index (χ4v) is 1.84. The molecule has 0 radical (unpaired) electrons. The Morgan fingerprint density at radius 1 is 1.32 bits per heavy atom. The Balaban J connectivity index is 2.03. The summed E-state index contributed by atoms with van der Waals surface area (Å²) < 4.78 is 18.3. The lowest BCUT2D eigenvalue weighted by molar-refractivity contribution is -0.387. The molecule has 8 nitrogen and oxygen atoms in total. The van der Waals surface area contributed by atoms with Gasteiger partial charge in [-0.1, -0.05) is 0 Å². The van der Waals surface area contributed by atoms with E-state index in [9.17, 15) is 24.1 Å². The Morgan fingerprint density at radius 3 is 2.64 bits per heavy atom. The second-order valence-corrected chi connectivity index (χ2v) is 5.15. The van der Waals surface area contributed by atoms with Gasteiger partial charge in [0.1, 0.15) is 0 Å². The second-order valence-electron chi connectivity index (χ2n) is 5.15. The summed E-state index contributed by atoms with van der Waals surface area (Å²) in [5.41, 5.74) is 0.147. The average molecular weight is 347 g/mol. The smallest absolute Gasteiger partial charge is 0.340 e. The van der Waals surface area contributed by atoms with Crippen LogP contribution in [0.4, 0.5) is 15.8 Å². The number of esters is 1. The van der Waals surface area contributed by atoms with Gasteiger partial charge in [-0.3, -0.25) is 19.9 Å². The Bertz CT molecular complexity index is 823. The van der Waals surface area contributed by atoms with Crippen molar-refractivity contribution >= 4 is 23.3 Å². The van der Waals surface area contributed by atoms with Crippen molar-refractivity contribution in [3.05, 3.63) is 63.7 Å². The maximum absolute atomic E-state index is 13.3. The number of halogens is 1. The molecule has 0 aliphatic carbocycles. The summed E-state index contributed by atoms with van der Waals surface area (Å²) in [4.78, 5) is 37.7. The van der Waals surface area contributed by atoms with Gasteiger partial charge in [-0.15, -0.1) is 0 Å². The molecule has 0 unspecified atom stereocenters. The maximum Gasteiger partial charge on any atom is 0.340 e. The van der Waals surface area contributed by atoms with E-state index in [2.05, 4.69) is 10.3 Å². The molecule has 1 aromatic heterocycles. The number of ether oxygens (including phenoxy) is 1. The minimum atomic E-state index is -1.17. The normalized spacial score (nSPS) is 11.5. The van der Waals surface area contributed by atoms with Crippen molar-refractivity contribution in [2.24, 2.45) is 0 Å². The number of carbonyl (C=O) groups excluding carboxylic acids is 2. The minimum Gasteiger partial charge on any atom is -0.449 e. The highest BCUT2D eigenvalue weighted by Gasteiger charge is 2.21. The number of nitrogens with one attached hydrogen (secondary N) is 1. The van der Waals surface area contributed by atoms with E-state index in [4.69, 9.17) is 4.74 Å². The van der Waals surface area contributed by atoms with E-state index in [1.165, 1.54) is 25.3 Å². The Hall–Kier alpha value is -3.36. The summed E-state index contributed by atoms with van der Waals surface area (Å²) in [7, 11) is 0. The predicted molar refractivity (Wildman–Crippen MR) is 85.5 cm³/mol. The van der Waals surface area contributed by atoms with Crippen molar-refractivity contribution in [3.8, 4) is 0 Å². The fraction of sp³-hybridized carbons (Fsp3) is 0.188. The van der Waals surface area contributed by atoms with Crippen LogP contribution in [0.5, 0.6) is 0 Å². The summed E-state index contributed by atoms with van der Waals surface area (Å²) in [6.45, 7) is 3.10. The third-order valence-corrected chi connectivity index (χ3v) is 3.21. The minimum absolute atomic E-state index is 0.0120. The van der Waals surface area contributed by atoms with E-state index in [0.717, 1.165) is 17.8 Å². The molecule has 0 fully saturated rings. The highest BCUT2D eigenvalue weighted by molar-refractivity contribution is 5.97. The van der Waals surface area contributed by atoms with Crippen molar-refractivity contribution in [1.29, 1.82) is 0 Å². The molecule has 2 rings (SSSR count). The summed E-state index contributed by atoms with van der Waals surface area (Å²) in [6.07, 6.45) is 0.156. The van der Waals surface area contributed by atoms with Crippen molar-refractivity contribution in [1.82, 2.24) is 4.98 Å². The van der Waals surface area contributed by atoms with E-state index < -0.39 is 34.4 Å². The van der Waals surface area contributed by atoms with Gasteiger partial charge in [0.05, 0.1) is 10.5 Å². The van der Waals surface area contributed by atoms with Gasteiger partial charge in [0, 0.05) is 23.6 Å². The molecule has 0 aliphatic heterocycles. The van der Waals surface area contributed by atoms with Gasteiger partial charge in [0.15, 0.2) is 6.10 Å². The molecule has 25 heavy (non-hydrogen) atoms. The van der Waals surface area contributed by atoms with Crippen LogP contribution >= 0.6 is 0 Å². The summed E-state index contributed by atoms with van der Waals surface area (Å²) in [6, 6.07) is 6.05. The van der Waals surface area contributed by atoms with Crippen molar-refractivity contribution < 1.29 is 23.6 Å². The van der Waals surface area contributed by atoms with Gasteiger partial charge >= 0.3 is 11.7 Å². The number of hydrogen-bond donors (Lipinski definition) is 1. The standard InChI is InChI=1S/C16H14FN3O5/c1-9-3-4-11(8-18-9)16(22)25-10(2)15(21)19-12-5-6-13(17)14(7-12)20(23)24/h3-8,10H,1-2H3,(H,19,21)/t10-/m0/s1. The molecule has 0 aliphatic rings. The van der Waals surface area contributed by atoms with E-state index in [1.54, 1.807) is 13.0 Å². The summed E-state index contributed by atoms with van der Waals surface area (Å²) >= 11 is 0. The highest BCUT2D eigenvalue weighted by Crippen LogP contribution is 2.21. The van der Waals surface area contributed by atoms with Gasteiger partial charge in [0.2, 0.25) is 5.82 Å². The molecule has 0 bridgehead atoms. The highest BCUT2D eigenvalue weighted by atomic mass is 19.1.